The monoisotopic (exact) mass is 639 g/mol. The molecule has 0 aliphatic carbocycles. The smallest absolute Gasteiger partial charge is 0.339 e. The van der Waals surface area contributed by atoms with Crippen molar-refractivity contribution < 1.29 is 44.7 Å². The summed E-state index contributed by atoms with van der Waals surface area (Å²) in [6.07, 6.45) is 26.0. The number of anilines is 1. The van der Waals surface area contributed by atoms with Gasteiger partial charge >= 0.3 is 23.9 Å². The molecule has 0 atom stereocenters. The predicted molar refractivity (Wildman–Crippen MR) is 179 cm³/mol. The highest BCUT2D eigenvalue weighted by Gasteiger charge is 2.07. The fourth-order valence-corrected chi connectivity index (χ4v) is 4.64. The van der Waals surface area contributed by atoms with Crippen molar-refractivity contribution in [1.82, 2.24) is 0 Å². The first-order valence-corrected chi connectivity index (χ1v) is 17.0. The average Bonchev–Trinajstić information content (AvgIpc) is 2.96. The molecular weight excluding hydrogens is 578 g/mol. The van der Waals surface area contributed by atoms with Gasteiger partial charge in [0.25, 0.3) is 0 Å². The van der Waals surface area contributed by atoms with Crippen LogP contribution in [0.2, 0.25) is 0 Å². The van der Waals surface area contributed by atoms with Crippen molar-refractivity contribution in [2.75, 3.05) is 5.73 Å². The molecule has 1 rings (SSSR count). The molecule has 0 bridgehead atoms. The van der Waals surface area contributed by atoms with Gasteiger partial charge < -0.3 is 31.3 Å². The van der Waals surface area contributed by atoms with E-state index in [4.69, 9.17) is 31.3 Å². The zero-order valence-corrected chi connectivity index (χ0v) is 27.6. The van der Waals surface area contributed by atoms with E-state index in [1.165, 1.54) is 102 Å². The molecule has 45 heavy (non-hydrogen) atoms. The summed E-state index contributed by atoms with van der Waals surface area (Å²) in [7, 11) is 0. The number of carboxylic acids is 4. The van der Waals surface area contributed by atoms with Crippen molar-refractivity contribution >= 4 is 29.6 Å². The summed E-state index contributed by atoms with van der Waals surface area (Å²) in [6.45, 7) is 2.27. The zero-order valence-electron chi connectivity index (χ0n) is 27.6. The molecule has 7 N–H and O–H groups in total. The lowest BCUT2D eigenvalue weighted by Gasteiger charge is -2.03. The number of nitrogens with two attached hydrogens (primary N) is 1. The Hall–Kier alpha value is -3.30. The molecule has 0 aromatic heterocycles. The summed E-state index contributed by atoms with van der Waals surface area (Å²) in [4.78, 5) is 41.0. The summed E-state index contributed by atoms with van der Waals surface area (Å²) in [6, 6.07) is 3.87. The predicted octanol–water partition coefficient (Wildman–Crippen LogP) is 9.28. The van der Waals surface area contributed by atoms with Crippen molar-refractivity contribution in [1.29, 1.82) is 0 Å². The van der Waals surface area contributed by atoms with Crippen LogP contribution in [0.1, 0.15) is 171 Å². The highest BCUT2D eigenvalue weighted by molar-refractivity contribution is 5.91. The van der Waals surface area contributed by atoms with Crippen molar-refractivity contribution in [3.63, 3.8) is 0 Å². The van der Waals surface area contributed by atoms with Crippen molar-refractivity contribution in [2.45, 2.75) is 161 Å². The van der Waals surface area contributed by atoms with E-state index < -0.39 is 23.9 Å². The van der Waals surface area contributed by atoms with E-state index in [0.29, 0.717) is 12.1 Å². The second kappa shape index (κ2) is 32.1. The summed E-state index contributed by atoms with van der Waals surface area (Å²) in [5.41, 5.74) is 5.48. The van der Waals surface area contributed by atoms with E-state index in [2.05, 4.69) is 6.92 Å². The van der Waals surface area contributed by atoms with Gasteiger partial charge in [0.1, 0.15) is 11.3 Å². The standard InChI is InChI=1S/C18H36O2.C10H18O4.C7H7NO3/c1-2-3-4-5-6-7-8-9-10-11-12-13-14-15-16-17-18(19)20;11-9(12)7-5-3-1-2-4-6-8-10(13)14;8-4-1-2-5(7(10)11)6(9)3-4/h2-17H2,1H3,(H,19,20);1-8H2,(H,11,12)(H,13,14);1-3,9H,8H2,(H,10,11). The van der Waals surface area contributed by atoms with Gasteiger partial charge in [-0.1, -0.05) is 122 Å². The van der Waals surface area contributed by atoms with Gasteiger partial charge in [-0.05, 0) is 31.4 Å². The fourth-order valence-electron chi connectivity index (χ4n) is 4.64. The molecule has 0 radical (unpaired) electrons. The van der Waals surface area contributed by atoms with Crippen LogP contribution in [-0.2, 0) is 14.4 Å². The SMILES string of the molecule is CCCCCCCCCCCCCCCCCC(=O)O.Nc1ccc(C(=O)O)c(O)c1.O=C(O)CCCCCCCCC(=O)O. The van der Waals surface area contributed by atoms with Gasteiger partial charge in [0.2, 0.25) is 0 Å². The maximum Gasteiger partial charge on any atom is 0.339 e. The maximum absolute atomic E-state index is 10.3. The van der Waals surface area contributed by atoms with Crippen LogP contribution in [0.5, 0.6) is 5.75 Å². The summed E-state index contributed by atoms with van der Waals surface area (Å²) in [5.74, 6) is -3.61. The number of rotatable bonds is 26. The molecule has 0 saturated heterocycles. The molecule has 0 amide bonds. The van der Waals surface area contributed by atoms with Crippen LogP contribution in [0.25, 0.3) is 0 Å². The maximum atomic E-state index is 10.3. The molecule has 0 fully saturated rings. The normalized spacial score (nSPS) is 10.2. The Bertz CT molecular complexity index is 885. The van der Waals surface area contributed by atoms with Gasteiger partial charge in [0.05, 0.1) is 0 Å². The Balaban J connectivity index is 0. The number of nitrogen functional groups attached to an aromatic ring is 1. The van der Waals surface area contributed by atoms with Crippen molar-refractivity contribution in [3.05, 3.63) is 23.8 Å². The first-order chi connectivity index (χ1) is 21.5. The molecule has 1 aromatic carbocycles. The van der Waals surface area contributed by atoms with Crippen molar-refractivity contribution in [2.24, 2.45) is 0 Å². The number of carbonyl (C=O) groups is 4. The van der Waals surface area contributed by atoms with Gasteiger partial charge in [0.15, 0.2) is 0 Å². The van der Waals surface area contributed by atoms with Crippen LogP contribution < -0.4 is 5.73 Å². The topological polar surface area (TPSA) is 195 Å². The Morgan fingerprint density at radius 1 is 0.511 bits per heavy atom. The van der Waals surface area contributed by atoms with Gasteiger partial charge in [-0.15, -0.1) is 0 Å². The highest BCUT2D eigenvalue weighted by atomic mass is 16.4. The number of unbranched alkanes of at least 4 members (excludes halogenated alkanes) is 19. The minimum absolute atomic E-state index is 0.140. The third-order valence-electron chi connectivity index (χ3n) is 7.28. The van der Waals surface area contributed by atoms with Gasteiger partial charge in [-0.2, -0.15) is 0 Å². The molecule has 0 unspecified atom stereocenters. The lowest BCUT2D eigenvalue weighted by atomic mass is 10.0. The van der Waals surface area contributed by atoms with Crippen molar-refractivity contribution in [3.8, 4) is 5.75 Å². The molecule has 0 heterocycles. The summed E-state index contributed by atoms with van der Waals surface area (Å²) >= 11 is 0. The van der Waals surface area contributed by atoms with Crippen LogP contribution in [-0.4, -0.2) is 49.4 Å². The molecule has 0 saturated carbocycles. The number of hydrogen-bond donors (Lipinski definition) is 6. The van der Waals surface area contributed by atoms with E-state index in [9.17, 15) is 19.2 Å². The summed E-state index contributed by atoms with van der Waals surface area (Å²) in [5, 5.41) is 42.7. The number of benzene rings is 1. The number of carboxylic acid groups (broad SMARTS) is 4. The van der Waals surface area contributed by atoms with Crippen LogP contribution in [0.15, 0.2) is 18.2 Å². The molecule has 0 spiro atoms. The number of aliphatic carboxylic acids is 3. The lowest BCUT2D eigenvalue weighted by Crippen LogP contribution is -1.97. The van der Waals surface area contributed by atoms with Gasteiger partial charge in [-0.25, -0.2) is 4.79 Å². The molecule has 260 valence electrons. The third kappa shape index (κ3) is 35.1. The number of aromatic carboxylic acids is 1. The lowest BCUT2D eigenvalue weighted by molar-refractivity contribution is -0.138. The van der Waals surface area contributed by atoms with E-state index in [0.717, 1.165) is 51.4 Å². The van der Waals surface area contributed by atoms with Crippen LogP contribution in [0.4, 0.5) is 5.69 Å². The summed E-state index contributed by atoms with van der Waals surface area (Å²) < 4.78 is 0. The number of hydrogen-bond acceptors (Lipinski definition) is 6. The molecule has 1 aromatic rings. The molecule has 10 heteroatoms. The van der Waals surface area contributed by atoms with Crippen LogP contribution in [0.3, 0.4) is 0 Å². The number of aromatic hydroxyl groups is 1. The number of phenols is 1. The second-order valence-electron chi connectivity index (χ2n) is 11.6. The third-order valence-corrected chi connectivity index (χ3v) is 7.28. The molecular formula is C35H61NO9. The zero-order chi connectivity index (χ0) is 34.1. The van der Waals surface area contributed by atoms with E-state index in [-0.39, 0.29) is 24.2 Å². The van der Waals surface area contributed by atoms with E-state index in [1.54, 1.807) is 0 Å². The Morgan fingerprint density at radius 3 is 1.04 bits per heavy atom. The van der Waals surface area contributed by atoms with Crippen LogP contribution in [0, 0.1) is 0 Å². The average molecular weight is 640 g/mol. The molecule has 0 aliphatic heterocycles. The molecule has 10 nitrogen and oxygen atoms in total. The first kappa shape index (κ1) is 43.8. The molecule has 0 aliphatic rings. The largest absolute Gasteiger partial charge is 0.507 e. The first-order valence-electron chi connectivity index (χ1n) is 17.0. The van der Waals surface area contributed by atoms with Gasteiger partial charge in [-0.3, -0.25) is 14.4 Å². The fraction of sp³-hybridized carbons (Fsp3) is 0.714. The Morgan fingerprint density at radius 2 is 0.800 bits per heavy atom. The Kier molecular flexibility index (Phi) is 31.3. The minimum Gasteiger partial charge on any atom is -0.507 e. The second-order valence-corrected chi connectivity index (χ2v) is 11.6. The highest BCUT2D eigenvalue weighted by Crippen LogP contribution is 2.19. The van der Waals surface area contributed by atoms with Crippen LogP contribution >= 0.6 is 0 Å². The Labute approximate surface area is 270 Å². The quantitative estimate of drug-likeness (QED) is 0.0420. The van der Waals surface area contributed by atoms with E-state index in [1.807, 2.05) is 0 Å². The van der Waals surface area contributed by atoms with E-state index >= 15 is 0 Å². The van der Waals surface area contributed by atoms with Gasteiger partial charge in [0, 0.05) is 31.0 Å². The minimum atomic E-state index is -1.16.